The van der Waals surface area contributed by atoms with Crippen molar-refractivity contribution in [1.82, 2.24) is 0 Å². The summed E-state index contributed by atoms with van der Waals surface area (Å²) in [6, 6.07) is 0. The number of hydrogen-bond donors (Lipinski definition) is 2. The van der Waals surface area contributed by atoms with Gasteiger partial charge in [-0.25, -0.2) is 0 Å². The number of nitrogens with two attached hydrogens (primary N) is 2. The van der Waals surface area contributed by atoms with Crippen LogP contribution in [0.25, 0.3) is 0 Å². The van der Waals surface area contributed by atoms with E-state index in [-0.39, 0.29) is 12.5 Å². The Labute approximate surface area is 43.6 Å². The van der Waals surface area contributed by atoms with Crippen molar-refractivity contribution >= 4 is 0 Å². The Hall–Kier alpha value is -0.120. The summed E-state index contributed by atoms with van der Waals surface area (Å²) in [5, 5.41) is 0. The minimum absolute atomic E-state index is 0.250. The molecule has 0 bridgehead atoms. The van der Waals surface area contributed by atoms with Crippen molar-refractivity contribution in [3.05, 3.63) is 0 Å². The van der Waals surface area contributed by atoms with Crippen molar-refractivity contribution in [2.75, 3.05) is 0 Å². The second kappa shape index (κ2) is 2.96. The average Bonchev–Trinajstić information content (AvgIpc) is 1.27. The molecule has 0 aliphatic heterocycles. The van der Waals surface area contributed by atoms with Crippen LogP contribution in [0.5, 0.6) is 0 Å². The highest BCUT2D eigenvalue weighted by Gasteiger charge is 1.94. The van der Waals surface area contributed by atoms with Crippen LogP contribution in [0.4, 0.5) is 0 Å². The summed E-state index contributed by atoms with van der Waals surface area (Å²) in [5.74, 6) is 0. The molecule has 0 aromatic heterocycles. The Morgan fingerprint density at radius 2 is 1.43 bits per heavy atom. The highest BCUT2D eigenvalue weighted by atomic mass is 16.5. The molecule has 7 heavy (non-hydrogen) atoms. The standard InChI is InChI=1S/C4H12N2O/c1-3(5)7-4(2)6/h3-4H,5-6H2,1-2H3. The normalized spacial score (nSPS) is 18.9. The van der Waals surface area contributed by atoms with Gasteiger partial charge in [0.1, 0.15) is 12.5 Å². The fourth-order valence-electron chi connectivity index (χ4n) is 0.339. The Morgan fingerprint density at radius 3 is 1.43 bits per heavy atom. The average molecular weight is 104 g/mol. The Morgan fingerprint density at radius 1 is 1.14 bits per heavy atom. The third-order valence-electron chi connectivity index (χ3n) is 0.429. The van der Waals surface area contributed by atoms with Gasteiger partial charge in [0, 0.05) is 0 Å². The lowest BCUT2D eigenvalue weighted by Crippen LogP contribution is -2.29. The van der Waals surface area contributed by atoms with Crippen molar-refractivity contribution in [2.24, 2.45) is 11.5 Å². The lowest BCUT2D eigenvalue weighted by atomic mass is 10.6. The summed E-state index contributed by atoms with van der Waals surface area (Å²) in [6.45, 7) is 3.48. The molecule has 0 heterocycles. The zero-order valence-electron chi connectivity index (χ0n) is 4.72. The molecule has 0 aliphatic rings. The summed E-state index contributed by atoms with van der Waals surface area (Å²) in [6.07, 6.45) is -0.500. The van der Waals surface area contributed by atoms with E-state index in [1.54, 1.807) is 13.8 Å². The molecule has 0 aromatic carbocycles. The van der Waals surface area contributed by atoms with Crippen LogP contribution in [-0.2, 0) is 4.74 Å². The fraction of sp³-hybridized carbons (Fsp3) is 1.00. The van der Waals surface area contributed by atoms with Crippen LogP contribution in [0, 0.1) is 0 Å². The topological polar surface area (TPSA) is 61.3 Å². The Kier molecular flexibility index (Phi) is 2.91. The summed E-state index contributed by atoms with van der Waals surface area (Å²) < 4.78 is 4.81. The molecule has 0 fully saturated rings. The van der Waals surface area contributed by atoms with Crippen LogP contribution in [0.2, 0.25) is 0 Å². The van der Waals surface area contributed by atoms with E-state index in [0.717, 1.165) is 0 Å². The summed E-state index contributed by atoms with van der Waals surface area (Å²) in [4.78, 5) is 0. The molecule has 0 saturated carbocycles. The van der Waals surface area contributed by atoms with Crippen LogP contribution in [0.1, 0.15) is 13.8 Å². The van der Waals surface area contributed by atoms with Crippen LogP contribution >= 0.6 is 0 Å². The number of rotatable bonds is 2. The molecule has 0 amide bonds. The summed E-state index contributed by atoms with van der Waals surface area (Å²) in [7, 11) is 0. The summed E-state index contributed by atoms with van der Waals surface area (Å²) in [5.41, 5.74) is 10.4. The first kappa shape index (κ1) is 6.88. The van der Waals surface area contributed by atoms with E-state index in [1.807, 2.05) is 0 Å². The SMILES string of the molecule is CC(N)OC(C)N. The minimum Gasteiger partial charge on any atom is -0.346 e. The summed E-state index contributed by atoms with van der Waals surface area (Å²) >= 11 is 0. The van der Waals surface area contributed by atoms with Gasteiger partial charge in [0.25, 0.3) is 0 Å². The van der Waals surface area contributed by atoms with Crippen LogP contribution in [0.15, 0.2) is 0 Å². The monoisotopic (exact) mass is 104 g/mol. The molecule has 3 nitrogen and oxygen atoms in total. The third kappa shape index (κ3) is 5.88. The number of hydrogen-bond acceptors (Lipinski definition) is 3. The van der Waals surface area contributed by atoms with E-state index in [1.165, 1.54) is 0 Å². The molecule has 2 unspecified atom stereocenters. The Bertz CT molecular complexity index is 39.0. The van der Waals surface area contributed by atoms with E-state index >= 15 is 0 Å². The second-order valence-electron chi connectivity index (χ2n) is 1.55. The van der Waals surface area contributed by atoms with Crippen LogP contribution in [-0.4, -0.2) is 12.5 Å². The van der Waals surface area contributed by atoms with Crippen molar-refractivity contribution in [2.45, 2.75) is 26.3 Å². The molecule has 2 atom stereocenters. The maximum Gasteiger partial charge on any atom is 0.104 e. The van der Waals surface area contributed by atoms with Gasteiger partial charge in [-0.3, -0.25) is 0 Å². The van der Waals surface area contributed by atoms with E-state index in [4.69, 9.17) is 16.2 Å². The first-order valence-electron chi connectivity index (χ1n) is 2.29. The van der Waals surface area contributed by atoms with Gasteiger partial charge in [-0.1, -0.05) is 0 Å². The quantitative estimate of drug-likeness (QED) is 0.469. The largest absolute Gasteiger partial charge is 0.346 e. The first-order valence-corrected chi connectivity index (χ1v) is 2.29. The van der Waals surface area contributed by atoms with Crippen LogP contribution < -0.4 is 11.5 Å². The van der Waals surface area contributed by atoms with Gasteiger partial charge in [0.2, 0.25) is 0 Å². The van der Waals surface area contributed by atoms with E-state index in [9.17, 15) is 0 Å². The predicted octanol–water partition coefficient (Wildman–Crippen LogP) is -0.388. The molecule has 0 spiro atoms. The molecule has 0 aromatic rings. The van der Waals surface area contributed by atoms with Crippen molar-refractivity contribution in [3.63, 3.8) is 0 Å². The highest BCUT2D eigenvalue weighted by molar-refractivity contribution is 4.36. The van der Waals surface area contributed by atoms with E-state index in [0.29, 0.717) is 0 Å². The van der Waals surface area contributed by atoms with Gasteiger partial charge in [0.15, 0.2) is 0 Å². The highest BCUT2D eigenvalue weighted by Crippen LogP contribution is 1.81. The smallest absolute Gasteiger partial charge is 0.104 e. The molecular formula is C4H12N2O. The van der Waals surface area contributed by atoms with Gasteiger partial charge < -0.3 is 16.2 Å². The van der Waals surface area contributed by atoms with Crippen LogP contribution in [0.3, 0.4) is 0 Å². The molecule has 0 radical (unpaired) electrons. The van der Waals surface area contributed by atoms with Gasteiger partial charge in [-0.2, -0.15) is 0 Å². The first-order chi connectivity index (χ1) is 3.13. The van der Waals surface area contributed by atoms with Crippen molar-refractivity contribution in [3.8, 4) is 0 Å². The maximum absolute atomic E-state index is 5.19. The zero-order chi connectivity index (χ0) is 5.86. The molecule has 0 rings (SSSR count). The Balaban J connectivity index is 2.95. The molecular weight excluding hydrogens is 92.1 g/mol. The second-order valence-corrected chi connectivity index (χ2v) is 1.55. The molecule has 44 valence electrons. The van der Waals surface area contributed by atoms with Crippen molar-refractivity contribution in [1.29, 1.82) is 0 Å². The fourth-order valence-corrected chi connectivity index (χ4v) is 0.339. The molecule has 0 saturated heterocycles. The number of ether oxygens (including phenoxy) is 1. The lowest BCUT2D eigenvalue weighted by Gasteiger charge is -2.09. The van der Waals surface area contributed by atoms with Gasteiger partial charge in [-0.15, -0.1) is 0 Å². The van der Waals surface area contributed by atoms with E-state index < -0.39 is 0 Å². The predicted molar refractivity (Wildman–Crippen MR) is 28.4 cm³/mol. The van der Waals surface area contributed by atoms with Gasteiger partial charge in [0.05, 0.1) is 0 Å². The molecule has 3 heteroatoms. The molecule has 0 aliphatic carbocycles. The third-order valence-corrected chi connectivity index (χ3v) is 0.429. The molecule has 4 N–H and O–H groups in total. The van der Waals surface area contributed by atoms with Gasteiger partial charge in [-0.05, 0) is 13.8 Å². The van der Waals surface area contributed by atoms with E-state index in [2.05, 4.69) is 0 Å². The zero-order valence-corrected chi connectivity index (χ0v) is 4.72. The van der Waals surface area contributed by atoms with Crippen molar-refractivity contribution < 1.29 is 4.74 Å². The lowest BCUT2D eigenvalue weighted by molar-refractivity contribution is 0.0161. The minimum atomic E-state index is -0.250. The maximum atomic E-state index is 5.19. The van der Waals surface area contributed by atoms with Gasteiger partial charge >= 0.3 is 0 Å².